The number of hydrogen-bond acceptors (Lipinski definition) is 5. The predicted molar refractivity (Wildman–Crippen MR) is 142 cm³/mol. The van der Waals surface area contributed by atoms with Gasteiger partial charge in [-0.1, -0.05) is 42.5 Å². The first kappa shape index (κ1) is 26.3. The number of nitrogens with zero attached hydrogens (tertiary/aromatic N) is 1. The average Bonchev–Trinajstić information content (AvgIpc) is 3.17. The van der Waals surface area contributed by atoms with Gasteiger partial charge in [-0.15, -0.1) is 0 Å². The van der Waals surface area contributed by atoms with Crippen molar-refractivity contribution in [3.8, 4) is 5.75 Å². The van der Waals surface area contributed by atoms with Crippen LogP contribution in [0.5, 0.6) is 5.75 Å². The van der Waals surface area contributed by atoms with E-state index in [0.717, 1.165) is 5.56 Å². The summed E-state index contributed by atoms with van der Waals surface area (Å²) in [6.45, 7) is 3.38. The van der Waals surface area contributed by atoms with Crippen LogP contribution in [0.2, 0.25) is 0 Å². The van der Waals surface area contributed by atoms with Crippen molar-refractivity contribution in [3.63, 3.8) is 0 Å². The van der Waals surface area contributed by atoms with Gasteiger partial charge in [-0.2, -0.15) is 0 Å². The third kappa shape index (κ3) is 5.81. The molecule has 7 nitrogen and oxygen atoms in total. The van der Waals surface area contributed by atoms with Crippen LogP contribution in [-0.4, -0.2) is 31.5 Å². The highest BCUT2D eigenvalue weighted by atomic mass is 19.1. The van der Waals surface area contributed by atoms with Crippen molar-refractivity contribution in [1.29, 1.82) is 0 Å². The normalized spacial score (nSPS) is 15.0. The zero-order valence-electron chi connectivity index (χ0n) is 21.2. The lowest BCUT2D eigenvalue weighted by molar-refractivity contribution is -0.136. The summed E-state index contributed by atoms with van der Waals surface area (Å²) >= 11 is 0. The molecule has 4 rings (SSSR count). The number of amides is 2. The van der Waals surface area contributed by atoms with E-state index in [9.17, 15) is 18.8 Å². The van der Waals surface area contributed by atoms with E-state index in [1.54, 1.807) is 37.3 Å². The van der Waals surface area contributed by atoms with Gasteiger partial charge >= 0.3 is 5.97 Å². The van der Waals surface area contributed by atoms with Gasteiger partial charge in [0.05, 0.1) is 24.3 Å². The number of ether oxygens (including phenoxy) is 2. The van der Waals surface area contributed by atoms with Crippen LogP contribution in [0.3, 0.4) is 0 Å². The number of anilines is 1. The molecule has 0 saturated carbocycles. The minimum absolute atomic E-state index is 0.131. The van der Waals surface area contributed by atoms with Crippen LogP contribution in [0.4, 0.5) is 10.1 Å². The van der Waals surface area contributed by atoms with Crippen molar-refractivity contribution in [1.82, 2.24) is 5.32 Å². The summed E-state index contributed by atoms with van der Waals surface area (Å²) in [5.41, 5.74) is 2.73. The lowest BCUT2D eigenvalue weighted by atomic mass is 10.0. The molecule has 0 fully saturated rings. The molecule has 1 heterocycles. The highest BCUT2D eigenvalue weighted by Gasteiger charge is 2.37. The van der Waals surface area contributed by atoms with Gasteiger partial charge in [-0.05, 0) is 67.4 Å². The first-order valence-corrected chi connectivity index (χ1v) is 12.0. The molecule has 0 unspecified atom stereocenters. The first-order chi connectivity index (χ1) is 18.3. The molecule has 0 spiro atoms. The number of methoxy groups -OCH3 is 1. The largest absolute Gasteiger partial charge is 0.484 e. The van der Waals surface area contributed by atoms with E-state index in [0.29, 0.717) is 22.7 Å². The standard InChI is InChI=1S/C30H27FN2O5/c1-19(22-7-5-4-6-8-22)32-27(34)18-38-25-15-9-21(10-16-25)17-26-28(30(36)37-3)20(2)33(29(26)35)24-13-11-23(31)12-14-24/h4-17,19H,18H2,1-3H3,(H,32,34)/b26-17-/t19-/m1/s1. The second-order valence-corrected chi connectivity index (χ2v) is 8.68. The molecule has 1 atom stereocenters. The summed E-state index contributed by atoms with van der Waals surface area (Å²) in [5.74, 6) is -1.30. The number of carbonyl (C=O) groups is 3. The molecule has 1 N–H and O–H groups in total. The molecular weight excluding hydrogens is 487 g/mol. The molecule has 3 aromatic rings. The molecule has 1 aliphatic rings. The summed E-state index contributed by atoms with van der Waals surface area (Å²) < 4.78 is 23.9. The molecule has 0 bridgehead atoms. The van der Waals surface area contributed by atoms with E-state index < -0.39 is 17.7 Å². The fourth-order valence-electron chi connectivity index (χ4n) is 4.17. The van der Waals surface area contributed by atoms with Crippen molar-refractivity contribution in [3.05, 3.63) is 113 Å². The summed E-state index contributed by atoms with van der Waals surface area (Å²) in [6.07, 6.45) is 1.58. The van der Waals surface area contributed by atoms with E-state index in [1.165, 1.54) is 36.3 Å². The minimum Gasteiger partial charge on any atom is -0.484 e. The number of hydrogen-bond donors (Lipinski definition) is 1. The van der Waals surface area contributed by atoms with E-state index in [2.05, 4.69) is 5.32 Å². The minimum atomic E-state index is -0.651. The fraction of sp³-hybridized carbons (Fsp3) is 0.167. The number of rotatable bonds is 8. The zero-order chi connectivity index (χ0) is 27.2. The Morgan fingerprint density at radius 1 is 1.00 bits per heavy atom. The molecule has 2 amide bonds. The van der Waals surface area contributed by atoms with Crippen molar-refractivity contribution in [2.24, 2.45) is 0 Å². The van der Waals surface area contributed by atoms with E-state index in [1.807, 2.05) is 37.3 Å². The SMILES string of the molecule is COC(=O)C1=C(C)N(c2ccc(F)cc2)C(=O)/C1=C\c1ccc(OCC(=O)N[C@H](C)c2ccccc2)cc1. The molecular formula is C30H27FN2O5. The van der Waals surface area contributed by atoms with Crippen LogP contribution in [0, 0.1) is 5.82 Å². The summed E-state index contributed by atoms with van der Waals surface area (Å²) in [6, 6.07) is 21.7. The predicted octanol–water partition coefficient (Wildman–Crippen LogP) is 4.96. The smallest absolute Gasteiger partial charge is 0.340 e. The Labute approximate surface area is 220 Å². The molecule has 0 saturated heterocycles. The highest BCUT2D eigenvalue weighted by Crippen LogP contribution is 2.35. The third-order valence-electron chi connectivity index (χ3n) is 6.11. The third-order valence-corrected chi connectivity index (χ3v) is 6.11. The van der Waals surface area contributed by atoms with E-state index >= 15 is 0 Å². The number of halogens is 1. The second kappa shape index (κ2) is 11.6. The lowest BCUT2D eigenvalue weighted by Crippen LogP contribution is -2.31. The van der Waals surface area contributed by atoms with Crippen LogP contribution in [0.25, 0.3) is 6.08 Å². The van der Waals surface area contributed by atoms with E-state index in [4.69, 9.17) is 9.47 Å². The maximum atomic E-state index is 13.4. The zero-order valence-corrected chi connectivity index (χ0v) is 21.2. The fourth-order valence-corrected chi connectivity index (χ4v) is 4.17. The molecule has 38 heavy (non-hydrogen) atoms. The number of benzene rings is 3. The van der Waals surface area contributed by atoms with Gasteiger partial charge in [0.1, 0.15) is 11.6 Å². The number of nitrogens with one attached hydrogen (secondary N) is 1. The quantitative estimate of drug-likeness (QED) is 0.339. The van der Waals surface area contributed by atoms with Crippen LogP contribution in [0.15, 0.2) is 95.7 Å². The van der Waals surface area contributed by atoms with Crippen molar-refractivity contribution >= 4 is 29.5 Å². The van der Waals surface area contributed by atoms with Crippen LogP contribution >= 0.6 is 0 Å². The number of carbonyl (C=O) groups excluding carboxylic acids is 3. The summed E-state index contributed by atoms with van der Waals surface area (Å²) in [7, 11) is 1.24. The molecule has 194 valence electrons. The molecule has 3 aromatic carbocycles. The van der Waals surface area contributed by atoms with Crippen LogP contribution < -0.4 is 15.0 Å². The highest BCUT2D eigenvalue weighted by molar-refractivity contribution is 6.23. The molecule has 0 aliphatic carbocycles. The number of allylic oxidation sites excluding steroid dienone is 1. The van der Waals surface area contributed by atoms with Gasteiger partial charge in [0.2, 0.25) is 0 Å². The van der Waals surface area contributed by atoms with Gasteiger partial charge in [0, 0.05) is 11.4 Å². The Hall–Kier alpha value is -4.72. The maximum absolute atomic E-state index is 13.4. The molecule has 0 aromatic heterocycles. The monoisotopic (exact) mass is 514 g/mol. The Balaban J connectivity index is 1.47. The molecule has 8 heteroatoms. The van der Waals surface area contributed by atoms with Crippen molar-refractivity contribution in [2.45, 2.75) is 19.9 Å². The van der Waals surface area contributed by atoms with E-state index in [-0.39, 0.29) is 29.7 Å². The first-order valence-electron chi connectivity index (χ1n) is 12.0. The Bertz CT molecular complexity index is 1400. The summed E-state index contributed by atoms with van der Waals surface area (Å²) in [5, 5.41) is 2.89. The second-order valence-electron chi connectivity index (χ2n) is 8.68. The Morgan fingerprint density at radius 2 is 1.66 bits per heavy atom. The topological polar surface area (TPSA) is 84.9 Å². The van der Waals surface area contributed by atoms with Gasteiger partial charge < -0.3 is 14.8 Å². The van der Waals surface area contributed by atoms with Gasteiger partial charge in [0.25, 0.3) is 11.8 Å². The Morgan fingerprint density at radius 3 is 2.29 bits per heavy atom. The average molecular weight is 515 g/mol. The van der Waals surface area contributed by atoms with Crippen LogP contribution in [-0.2, 0) is 19.1 Å². The lowest BCUT2D eigenvalue weighted by Gasteiger charge is -2.17. The molecule has 1 aliphatic heterocycles. The molecule has 0 radical (unpaired) electrons. The summed E-state index contributed by atoms with van der Waals surface area (Å²) in [4.78, 5) is 39.5. The van der Waals surface area contributed by atoms with Crippen molar-refractivity contribution in [2.75, 3.05) is 18.6 Å². The number of esters is 1. The van der Waals surface area contributed by atoms with Gasteiger partial charge in [-0.25, -0.2) is 9.18 Å². The van der Waals surface area contributed by atoms with Gasteiger partial charge in [-0.3, -0.25) is 14.5 Å². The van der Waals surface area contributed by atoms with Crippen molar-refractivity contribution < 1.29 is 28.2 Å². The van der Waals surface area contributed by atoms with Crippen LogP contribution in [0.1, 0.15) is 31.0 Å². The van der Waals surface area contributed by atoms with Gasteiger partial charge in [0.15, 0.2) is 6.61 Å². The maximum Gasteiger partial charge on any atom is 0.340 e. The Kier molecular flexibility index (Phi) is 8.01.